The van der Waals surface area contributed by atoms with Gasteiger partial charge >= 0.3 is 5.97 Å². The average Bonchev–Trinajstić information content (AvgIpc) is 2.37. The molecular weight excluding hydrogens is 242 g/mol. The Kier molecular flexibility index (Phi) is 3.25. The molecule has 0 unspecified atom stereocenters. The summed E-state index contributed by atoms with van der Waals surface area (Å²) in [6.45, 7) is 3.52. The van der Waals surface area contributed by atoms with Gasteiger partial charge in [0.2, 0.25) is 0 Å². The first kappa shape index (κ1) is 12.7. The van der Waals surface area contributed by atoms with Gasteiger partial charge in [-0.3, -0.25) is 0 Å². The SMILES string of the molecule is Cc1cc(-c2cc(C)nc(C(=O)O)c2)cc(C#N)n1. The van der Waals surface area contributed by atoms with Crippen molar-refractivity contribution in [2.45, 2.75) is 13.8 Å². The highest BCUT2D eigenvalue weighted by molar-refractivity contribution is 5.87. The fourth-order valence-electron chi connectivity index (χ4n) is 1.84. The fraction of sp³-hybridized carbons (Fsp3) is 0.143. The van der Waals surface area contributed by atoms with Gasteiger partial charge in [0.05, 0.1) is 0 Å². The lowest BCUT2D eigenvalue weighted by Crippen LogP contribution is -2.02. The molecule has 5 nitrogen and oxygen atoms in total. The van der Waals surface area contributed by atoms with E-state index in [-0.39, 0.29) is 5.69 Å². The van der Waals surface area contributed by atoms with E-state index in [1.54, 1.807) is 32.0 Å². The standard InChI is InChI=1S/C14H11N3O2/c1-8-3-10(5-12(7-15)16-8)11-4-9(2)17-13(6-11)14(18)19/h3-6H,1-2H3,(H,18,19). The molecule has 0 aliphatic rings. The lowest BCUT2D eigenvalue weighted by Gasteiger charge is -2.06. The lowest BCUT2D eigenvalue weighted by atomic mass is 10.0. The number of pyridine rings is 2. The molecule has 0 spiro atoms. The Labute approximate surface area is 110 Å². The van der Waals surface area contributed by atoms with E-state index < -0.39 is 5.97 Å². The van der Waals surface area contributed by atoms with E-state index in [0.717, 1.165) is 5.56 Å². The summed E-state index contributed by atoms with van der Waals surface area (Å²) >= 11 is 0. The smallest absolute Gasteiger partial charge is 0.354 e. The van der Waals surface area contributed by atoms with Gasteiger partial charge in [0.25, 0.3) is 0 Å². The molecular formula is C14H11N3O2. The van der Waals surface area contributed by atoms with Crippen LogP contribution in [-0.2, 0) is 0 Å². The largest absolute Gasteiger partial charge is 0.477 e. The number of nitriles is 1. The molecule has 0 radical (unpaired) electrons. The van der Waals surface area contributed by atoms with E-state index >= 15 is 0 Å². The van der Waals surface area contributed by atoms with Gasteiger partial charge in [-0.2, -0.15) is 5.26 Å². The molecule has 19 heavy (non-hydrogen) atoms. The third-order valence-electron chi connectivity index (χ3n) is 2.57. The fourth-order valence-corrected chi connectivity index (χ4v) is 1.84. The molecule has 2 rings (SSSR count). The summed E-state index contributed by atoms with van der Waals surface area (Å²) in [6, 6.07) is 8.70. The molecule has 0 amide bonds. The van der Waals surface area contributed by atoms with Gasteiger partial charge in [0.15, 0.2) is 0 Å². The normalized spacial score (nSPS) is 9.95. The number of carbonyl (C=O) groups is 1. The second kappa shape index (κ2) is 4.86. The van der Waals surface area contributed by atoms with Crippen molar-refractivity contribution in [3.8, 4) is 17.2 Å². The zero-order chi connectivity index (χ0) is 14.0. The number of hydrogen-bond acceptors (Lipinski definition) is 4. The molecule has 2 heterocycles. The Morgan fingerprint density at radius 2 is 1.68 bits per heavy atom. The third-order valence-corrected chi connectivity index (χ3v) is 2.57. The zero-order valence-corrected chi connectivity index (χ0v) is 10.5. The predicted molar refractivity (Wildman–Crippen MR) is 68.6 cm³/mol. The maximum absolute atomic E-state index is 11.0. The third kappa shape index (κ3) is 2.75. The molecule has 5 heteroatoms. The summed E-state index contributed by atoms with van der Waals surface area (Å²) in [7, 11) is 0. The van der Waals surface area contributed by atoms with Gasteiger partial charge in [-0.1, -0.05) is 0 Å². The number of carboxylic acids is 1. The van der Waals surface area contributed by atoms with Gasteiger partial charge in [-0.05, 0) is 49.2 Å². The predicted octanol–water partition coefficient (Wildman–Crippen LogP) is 2.33. The summed E-state index contributed by atoms with van der Waals surface area (Å²) in [4.78, 5) is 19.0. The molecule has 0 bridgehead atoms. The molecule has 0 aliphatic carbocycles. The molecule has 1 N–H and O–H groups in total. The van der Waals surface area contributed by atoms with Crippen LogP contribution in [0.1, 0.15) is 27.6 Å². The summed E-state index contributed by atoms with van der Waals surface area (Å²) in [5, 5.41) is 17.9. The van der Waals surface area contributed by atoms with E-state index in [0.29, 0.717) is 22.6 Å². The number of aromatic carboxylic acids is 1. The van der Waals surface area contributed by atoms with Crippen LogP contribution in [0, 0.1) is 25.2 Å². The van der Waals surface area contributed by atoms with E-state index in [1.165, 1.54) is 6.07 Å². The number of rotatable bonds is 2. The number of hydrogen-bond donors (Lipinski definition) is 1. The Hall–Kier alpha value is -2.74. The first-order chi connectivity index (χ1) is 8.99. The summed E-state index contributed by atoms with van der Waals surface area (Å²) in [5.41, 5.74) is 3.09. The molecule has 0 aliphatic heterocycles. The Morgan fingerprint density at radius 3 is 2.26 bits per heavy atom. The first-order valence-corrected chi connectivity index (χ1v) is 5.61. The van der Waals surface area contributed by atoms with Crippen molar-refractivity contribution >= 4 is 5.97 Å². The second-order valence-electron chi connectivity index (χ2n) is 4.18. The minimum atomic E-state index is -1.07. The van der Waals surface area contributed by atoms with Gasteiger partial charge < -0.3 is 5.11 Å². The zero-order valence-electron chi connectivity index (χ0n) is 10.5. The molecule has 2 aromatic rings. The van der Waals surface area contributed by atoms with Crippen molar-refractivity contribution in [3.05, 3.63) is 47.0 Å². The van der Waals surface area contributed by atoms with Crippen LogP contribution in [0.25, 0.3) is 11.1 Å². The van der Waals surface area contributed by atoms with Crippen LogP contribution in [-0.4, -0.2) is 21.0 Å². The highest BCUT2D eigenvalue weighted by Gasteiger charge is 2.09. The van der Waals surface area contributed by atoms with E-state index in [9.17, 15) is 4.79 Å². The highest BCUT2D eigenvalue weighted by atomic mass is 16.4. The number of aryl methyl sites for hydroxylation is 2. The average molecular weight is 253 g/mol. The van der Waals surface area contributed by atoms with Crippen LogP contribution < -0.4 is 0 Å². The quantitative estimate of drug-likeness (QED) is 0.887. The minimum Gasteiger partial charge on any atom is -0.477 e. The lowest BCUT2D eigenvalue weighted by molar-refractivity contribution is 0.0690. The minimum absolute atomic E-state index is 0.0111. The van der Waals surface area contributed by atoms with E-state index in [4.69, 9.17) is 10.4 Å². The summed E-state index contributed by atoms with van der Waals surface area (Å²) in [5.74, 6) is -1.07. The van der Waals surface area contributed by atoms with Gasteiger partial charge in [0, 0.05) is 11.4 Å². The van der Waals surface area contributed by atoms with E-state index in [1.807, 2.05) is 6.07 Å². The molecule has 2 aromatic heterocycles. The van der Waals surface area contributed by atoms with Crippen molar-refractivity contribution in [2.75, 3.05) is 0 Å². The van der Waals surface area contributed by atoms with Crippen molar-refractivity contribution < 1.29 is 9.90 Å². The van der Waals surface area contributed by atoms with Crippen molar-refractivity contribution in [3.63, 3.8) is 0 Å². The van der Waals surface area contributed by atoms with Crippen molar-refractivity contribution in [1.82, 2.24) is 9.97 Å². The first-order valence-electron chi connectivity index (χ1n) is 5.61. The Morgan fingerprint density at radius 1 is 1.11 bits per heavy atom. The monoisotopic (exact) mass is 253 g/mol. The van der Waals surface area contributed by atoms with Crippen molar-refractivity contribution in [2.24, 2.45) is 0 Å². The second-order valence-corrected chi connectivity index (χ2v) is 4.18. The summed E-state index contributed by atoms with van der Waals surface area (Å²) < 4.78 is 0. The van der Waals surface area contributed by atoms with Gasteiger partial charge in [-0.15, -0.1) is 0 Å². The van der Waals surface area contributed by atoms with Crippen molar-refractivity contribution in [1.29, 1.82) is 5.26 Å². The van der Waals surface area contributed by atoms with Crippen LogP contribution in [0.4, 0.5) is 0 Å². The number of nitrogens with zero attached hydrogens (tertiary/aromatic N) is 3. The van der Waals surface area contributed by atoms with E-state index in [2.05, 4.69) is 9.97 Å². The molecule has 0 fully saturated rings. The van der Waals surface area contributed by atoms with Crippen LogP contribution in [0.5, 0.6) is 0 Å². The maximum Gasteiger partial charge on any atom is 0.354 e. The molecule has 0 saturated carbocycles. The Bertz CT molecular complexity index is 702. The van der Waals surface area contributed by atoms with Crippen LogP contribution in [0.15, 0.2) is 24.3 Å². The number of aromatic nitrogens is 2. The van der Waals surface area contributed by atoms with Crippen LogP contribution >= 0.6 is 0 Å². The van der Waals surface area contributed by atoms with Gasteiger partial charge in [-0.25, -0.2) is 14.8 Å². The van der Waals surface area contributed by atoms with Crippen LogP contribution in [0.3, 0.4) is 0 Å². The van der Waals surface area contributed by atoms with Crippen LogP contribution in [0.2, 0.25) is 0 Å². The molecule has 0 aromatic carbocycles. The van der Waals surface area contributed by atoms with Gasteiger partial charge in [0.1, 0.15) is 17.5 Å². The molecule has 0 saturated heterocycles. The molecule has 94 valence electrons. The Balaban J connectivity index is 2.62. The molecule has 0 atom stereocenters. The maximum atomic E-state index is 11.0. The highest BCUT2D eigenvalue weighted by Crippen LogP contribution is 2.22. The number of carboxylic acid groups (broad SMARTS) is 1. The topological polar surface area (TPSA) is 86.9 Å². The summed E-state index contributed by atoms with van der Waals surface area (Å²) in [6.07, 6.45) is 0.